The number of benzene rings is 2. The first-order valence-corrected chi connectivity index (χ1v) is 5.11. The molecule has 0 aliphatic rings. The van der Waals surface area contributed by atoms with E-state index in [9.17, 15) is 8.78 Å². The van der Waals surface area contributed by atoms with E-state index >= 15 is 0 Å². The molecule has 0 aromatic heterocycles. The van der Waals surface area contributed by atoms with Crippen molar-refractivity contribution in [1.82, 2.24) is 0 Å². The highest BCUT2D eigenvalue weighted by Gasteiger charge is 2.03. The number of nitrogen functional groups attached to an aromatic ring is 1. The summed E-state index contributed by atoms with van der Waals surface area (Å²) in [5.74, 6) is -1.35. The Kier molecular flexibility index (Phi) is 3.11. The number of anilines is 3. The van der Waals surface area contributed by atoms with Gasteiger partial charge >= 0.3 is 0 Å². The zero-order valence-electron chi connectivity index (χ0n) is 9.24. The normalized spacial score (nSPS) is 9.83. The van der Waals surface area contributed by atoms with Gasteiger partial charge in [0.2, 0.25) is 0 Å². The summed E-state index contributed by atoms with van der Waals surface area (Å²) < 4.78 is 26.0. The molecule has 0 unspecified atom stereocenters. The van der Waals surface area contributed by atoms with Gasteiger partial charge in [0.15, 0.2) is 0 Å². The molecule has 0 fully saturated rings. The molecular formula is C13H9F2N3. The van der Waals surface area contributed by atoms with Crippen molar-refractivity contribution >= 4 is 17.1 Å². The highest BCUT2D eigenvalue weighted by molar-refractivity contribution is 5.66. The van der Waals surface area contributed by atoms with E-state index in [1.807, 2.05) is 6.07 Å². The van der Waals surface area contributed by atoms with Crippen LogP contribution in [0.25, 0.3) is 0 Å². The topological polar surface area (TPSA) is 61.8 Å². The van der Waals surface area contributed by atoms with Crippen molar-refractivity contribution in [2.45, 2.75) is 0 Å². The van der Waals surface area contributed by atoms with Crippen molar-refractivity contribution in [3.63, 3.8) is 0 Å². The van der Waals surface area contributed by atoms with Crippen LogP contribution in [0.2, 0.25) is 0 Å². The van der Waals surface area contributed by atoms with E-state index < -0.39 is 11.6 Å². The Hall–Kier alpha value is -2.61. The summed E-state index contributed by atoms with van der Waals surface area (Å²) in [4.78, 5) is 0. The Morgan fingerprint density at radius 1 is 1.00 bits per heavy atom. The molecule has 3 N–H and O–H groups in total. The summed E-state index contributed by atoms with van der Waals surface area (Å²) >= 11 is 0. The SMILES string of the molecule is N#Cc1cc(Nc2cc(F)cc(F)c2)ccc1N. The third-order valence-corrected chi connectivity index (χ3v) is 2.32. The molecule has 5 heteroatoms. The maximum absolute atomic E-state index is 13.0. The van der Waals surface area contributed by atoms with Crippen LogP contribution in [-0.2, 0) is 0 Å². The first-order valence-electron chi connectivity index (χ1n) is 5.11. The Morgan fingerprint density at radius 2 is 1.67 bits per heavy atom. The molecule has 0 amide bonds. The second-order valence-corrected chi connectivity index (χ2v) is 3.70. The lowest BCUT2D eigenvalue weighted by Crippen LogP contribution is -1.95. The molecule has 0 heterocycles. The summed E-state index contributed by atoms with van der Waals surface area (Å²) in [6.45, 7) is 0. The molecule has 0 aliphatic heterocycles. The zero-order chi connectivity index (χ0) is 13.1. The fourth-order valence-electron chi connectivity index (χ4n) is 1.52. The van der Waals surface area contributed by atoms with Crippen molar-refractivity contribution in [2.24, 2.45) is 0 Å². The summed E-state index contributed by atoms with van der Waals surface area (Å²) in [6.07, 6.45) is 0. The maximum Gasteiger partial charge on any atom is 0.128 e. The van der Waals surface area contributed by atoms with E-state index in [1.54, 1.807) is 12.1 Å². The maximum atomic E-state index is 13.0. The summed E-state index contributed by atoms with van der Waals surface area (Å²) in [7, 11) is 0. The van der Waals surface area contributed by atoms with Crippen LogP contribution < -0.4 is 11.1 Å². The zero-order valence-corrected chi connectivity index (χ0v) is 9.24. The van der Waals surface area contributed by atoms with Gasteiger partial charge in [-0.1, -0.05) is 0 Å². The Morgan fingerprint density at radius 3 is 2.28 bits per heavy atom. The van der Waals surface area contributed by atoms with E-state index in [0.29, 0.717) is 16.9 Å². The fourth-order valence-corrected chi connectivity index (χ4v) is 1.52. The van der Waals surface area contributed by atoms with Gasteiger partial charge in [-0.2, -0.15) is 5.26 Å². The molecule has 2 aromatic rings. The van der Waals surface area contributed by atoms with E-state index in [4.69, 9.17) is 11.0 Å². The highest BCUT2D eigenvalue weighted by atomic mass is 19.1. The van der Waals surface area contributed by atoms with E-state index in [-0.39, 0.29) is 5.69 Å². The minimum absolute atomic E-state index is 0.265. The lowest BCUT2D eigenvalue weighted by atomic mass is 10.1. The average Bonchev–Trinajstić information content (AvgIpc) is 2.30. The van der Waals surface area contributed by atoms with Gasteiger partial charge in [-0.15, -0.1) is 0 Å². The van der Waals surface area contributed by atoms with Crippen molar-refractivity contribution in [3.8, 4) is 6.07 Å². The first-order chi connectivity index (χ1) is 8.58. The number of nitriles is 1. The molecule has 0 spiro atoms. The van der Waals surface area contributed by atoms with Crippen LogP contribution in [0.4, 0.5) is 25.8 Å². The van der Waals surface area contributed by atoms with Gasteiger partial charge in [0, 0.05) is 23.1 Å². The molecule has 90 valence electrons. The number of hydrogen-bond donors (Lipinski definition) is 2. The van der Waals surface area contributed by atoms with Gasteiger partial charge in [-0.05, 0) is 30.3 Å². The van der Waals surface area contributed by atoms with E-state index in [0.717, 1.165) is 18.2 Å². The number of halogens is 2. The van der Waals surface area contributed by atoms with Gasteiger partial charge in [-0.25, -0.2) is 8.78 Å². The molecule has 0 atom stereocenters. The predicted octanol–water partition coefficient (Wildman–Crippen LogP) is 3.16. The van der Waals surface area contributed by atoms with Gasteiger partial charge in [0.05, 0.1) is 5.56 Å². The standard InChI is InChI=1S/C13H9F2N3/c14-9-4-10(15)6-12(5-9)18-11-1-2-13(17)8(3-11)7-16/h1-6,18H,17H2. The molecule has 0 saturated carbocycles. The van der Waals surface area contributed by atoms with Crippen LogP contribution in [-0.4, -0.2) is 0 Å². The Labute approximate surface area is 102 Å². The monoisotopic (exact) mass is 245 g/mol. The van der Waals surface area contributed by atoms with Gasteiger partial charge in [0.1, 0.15) is 17.7 Å². The van der Waals surface area contributed by atoms with E-state index in [1.165, 1.54) is 6.07 Å². The van der Waals surface area contributed by atoms with Crippen LogP contribution in [0.5, 0.6) is 0 Å². The largest absolute Gasteiger partial charge is 0.398 e. The number of nitrogens with zero attached hydrogens (tertiary/aromatic N) is 1. The lowest BCUT2D eigenvalue weighted by Gasteiger charge is -2.08. The van der Waals surface area contributed by atoms with Crippen molar-refractivity contribution < 1.29 is 8.78 Å². The number of nitrogens with one attached hydrogen (secondary N) is 1. The van der Waals surface area contributed by atoms with Crippen LogP contribution >= 0.6 is 0 Å². The third kappa shape index (κ3) is 2.55. The second-order valence-electron chi connectivity index (χ2n) is 3.70. The minimum atomic E-state index is -0.673. The summed E-state index contributed by atoms with van der Waals surface area (Å²) in [5, 5.41) is 11.6. The van der Waals surface area contributed by atoms with Crippen molar-refractivity contribution in [3.05, 3.63) is 53.6 Å². The molecule has 2 rings (SSSR count). The molecule has 0 saturated heterocycles. The third-order valence-electron chi connectivity index (χ3n) is 2.32. The Bertz CT molecular complexity index is 612. The molecule has 0 bridgehead atoms. The predicted molar refractivity (Wildman–Crippen MR) is 65.2 cm³/mol. The van der Waals surface area contributed by atoms with Crippen LogP contribution in [0, 0.1) is 23.0 Å². The van der Waals surface area contributed by atoms with Gasteiger partial charge in [0.25, 0.3) is 0 Å². The smallest absolute Gasteiger partial charge is 0.128 e. The minimum Gasteiger partial charge on any atom is -0.398 e. The molecule has 0 aliphatic carbocycles. The fraction of sp³-hybridized carbons (Fsp3) is 0. The Balaban J connectivity index is 2.31. The molecular weight excluding hydrogens is 236 g/mol. The molecule has 3 nitrogen and oxygen atoms in total. The van der Waals surface area contributed by atoms with Gasteiger partial charge < -0.3 is 11.1 Å². The quantitative estimate of drug-likeness (QED) is 0.799. The first kappa shape index (κ1) is 11.9. The molecule has 18 heavy (non-hydrogen) atoms. The number of hydrogen-bond acceptors (Lipinski definition) is 3. The van der Waals surface area contributed by atoms with Crippen LogP contribution in [0.1, 0.15) is 5.56 Å². The van der Waals surface area contributed by atoms with Crippen LogP contribution in [0.3, 0.4) is 0 Å². The summed E-state index contributed by atoms with van der Waals surface area (Å²) in [5.41, 5.74) is 7.03. The second kappa shape index (κ2) is 4.72. The average molecular weight is 245 g/mol. The number of rotatable bonds is 2. The van der Waals surface area contributed by atoms with Crippen molar-refractivity contribution in [1.29, 1.82) is 5.26 Å². The molecule has 0 radical (unpaired) electrons. The molecule has 2 aromatic carbocycles. The highest BCUT2D eigenvalue weighted by Crippen LogP contribution is 2.22. The van der Waals surface area contributed by atoms with Gasteiger partial charge in [-0.3, -0.25) is 0 Å². The van der Waals surface area contributed by atoms with Crippen LogP contribution in [0.15, 0.2) is 36.4 Å². The van der Waals surface area contributed by atoms with E-state index in [2.05, 4.69) is 5.32 Å². The lowest BCUT2D eigenvalue weighted by molar-refractivity contribution is 0.584. The number of nitrogens with two attached hydrogens (primary N) is 1. The summed E-state index contributed by atoms with van der Waals surface area (Å²) in [6, 6.07) is 9.72. The van der Waals surface area contributed by atoms with Crippen molar-refractivity contribution in [2.75, 3.05) is 11.1 Å².